The van der Waals surface area contributed by atoms with E-state index in [4.69, 9.17) is 0 Å². The Balaban J connectivity index is 0.000000981. The molecule has 3 rings (SSSR count). The van der Waals surface area contributed by atoms with E-state index in [2.05, 4.69) is 0 Å². The zero-order valence-corrected chi connectivity index (χ0v) is 23.7. The van der Waals surface area contributed by atoms with Crippen LogP contribution in [0.1, 0.15) is 0 Å². The summed E-state index contributed by atoms with van der Waals surface area (Å²) in [7, 11) is -4.90. The second kappa shape index (κ2) is 11.6. The summed E-state index contributed by atoms with van der Waals surface area (Å²) in [5.41, 5.74) is 0. The van der Waals surface area contributed by atoms with Crippen LogP contribution in [0.3, 0.4) is 0 Å². The Bertz CT molecular complexity index is 1320. The third kappa shape index (κ3) is 7.81. The maximum absolute atomic E-state index is 14.4. The van der Waals surface area contributed by atoms with Gasteiger partial charge in [0.15, 0.2) is 69.8 Å². The molecule has 0 saturated heterocycles. The zero-order valence-electron chi connectivity index (χ0n) is 18.1. The van der Waals surface area contributed by atoms with Crippen LogP contribution in [0, 0.1) is 87.3 Å². The Morgan fingerprint density at radius 2 is 0.357 bits per heavy atom. The molecule has 0 unspecified atom stereocenters. The molecule has 0 fully saturated rings. The van der Waals surface area contributed by atoms with Crippen molar-refractivity contribution < 1.29 is 105 Å². The summed E-state index contributed by atoms with van der Waals surface area (Å²) in [5, 5.41) is -7.84. The molecule has 0 atom stereocenters. The van der Waals surface area contributed by atoms with Crippen LogP contribution in [0.2, 0.25) is 0 Å². The minimum absolute atomic E-state index is 0. The molecule has 0 aliphatic heterocycles. The second-order valence-corrected chi connectivity index (χ2v) is 14.5. The van der Waals surface area contributed by atoms with Gasteiger partial charge in [-0.25, -0.2) is 65.9 Å². The van der Waals surface area contributed by atoms with Gasteiger partial charge in [0.05, 0.1) is 15.9 Å². The van der Waals surface area contributed by atoms with Crippen molar-refractivity contribution in [3.05, 3.63) is 87.3 Å². The third-order valence-corrected chi connectivity index (χ3v) is 6.75. The third-order valence-electron chi connectivity index (χ3n) is 4.23. The molecule has 42 heavy (non-hydrogen) atoms. The van der Waals surface area contributed by atoms with Crippen molar-refractivity contribution in [3.63, 3.8) is 0 Å². The molecule has 0 amide bonds. The molecule has 0 radical (unpaired) electrons. The minimum atomic E-state index is -11.2. The van der Waals surface area contributed by atoms with Crippen LogP contribution < -0.4 is 15.9 Å². The molecule has 0 bridgehead atoms. The molecule has 0 heterocycles. The average molecular weight is 965 g/mol. The summed E-state index contributed by atoms with van der Waals surface area (Å²) in [6.07, 6.45) is 0. The van der Waals surface area contributed by atoms with Crippen molar-refractivity contribution in [1.82, 2.24) is 0 Å². The quantitative estimate of drug-likeness (QED) is 0.0833. The number of rotatable bonds is 3. The monoisotopic (exact) mass is 964 g/mol. The van der Waals surface area contributed by atoms with Crippen molar-refractivity contribution in [2.75, 3.05) is 0 Å². The van der Waals surface area contributed by atoms with Gasteiger partial charge in [-0.2, -0.15) is 0 Å². The molecule has 3 aromatic rings. The van der Waals surface area contributed by atoms with Crippen LogP contribution in [-0.4, -0.2) is 19.5 Å². The summed E-state index contributed by atoms with van der Waals surface area (Å²) < 4.78 is 268. The van der Waals surface area contributed by atoms with E-state index in [1.54, 1.807) is 0 Å². The van der Waals surface area contributed by atoms with Crippen LogP contribution in [0.4, 0.5) is 82.7 Å². The van der Waals surface area contributed by atoms with Crippen LogP contribution in [-0.2, 0) is 22.4 Å². The molecule has 0 N–H and O–H groups in total. The Kier molecular flexibility index (Phi) is 10.5. The first kappa shape index (κ1) is 38.2. The van der Waals surface area contributed by atoms with Gasteiger partial charge >= 0.3 is 58.7 Å². The van der Waals surface area contributed by atoms with Gasteiger partial charge in [0.2, 0.25) is 17.5 Å². The second-order valence-electron chi connectivity index (χ2n) is 7.05. The first-order valence-electron chi connectivity index (χ1n) is 9.02. The van der Waals surface area contributed by atoms with Crippen molar-refractivity contribution in [2.45, 2.75) is 0 Å². The zero-order chi connectivity index (χ0) is 32.4. The van der Waals surface area contributed by atoms with E-state index >= 15 is 0 Å². The molecular weight excluding hydrogens is 965 g/mol. The first-order chi connectivity index (χ1) is 18.1. The van der Waals surface area contributed by atoms with Gasteiger partial charge in [-0.3, -0.25) is 0 Å². The van der Waals surface area contributed by atoms with Crippen molar-refractivity contribution in [2.24, 2.45) is 0 Å². The van der Waals surface area contributed by atoms with Gasteiger partial charge in [0.1, 0.15) is 0 Å². The van der Waals surface area contributed by atoms with E-state index in [9.17, 15) is 82.7 Å². The Morgan fingerprint density at radius 3 is 0.476 bits per heavy atom. The van der Waals surface area contributed by atoms with Gasteiger partial charge in [-0.15, -0.1) is 0 Å². The van der Waals surface area contributed by atoms with E-state index in [0.717, 1.165) is 0 Å². The number of benzene rings is 3. The summed E-state index contributed by atoms with van der Waals surface area (Å²) in [4.78, 5) is 0. The van der Waals surface area contributed by atoms with Crippen molar-refractivity contribution in [3.8, 4) is 0 Å². The van der Waals surface area contributed by atoms with E-state index in [1.807, 2.05) is 0 Å². The summed E-state index contributed by atoms with van der Waals surface area (Å²) in [6, 6.07) is 0. The molecular formula is C18AuF21PSb. The van der Waals surface area contributed by atoms with Crippen molar-refractivity contribution >= 4 is 43.3 Å². The maximum atomic E-state index is 14.4. The van der Waals surface area contributed by atoms with E-state index < -0.39 is 131 Å². The molecule has 0 aromatic heterocycles. The first-order valence-corrected chi connectivity index (χ1v) is 16.2. The van der Waals surface area contributed by atoms with Gasteiger partial charge in [-0.1, -0.05) is 0 Å². The summed E-state index contributed by atoms with van der Waals surface area (Å²) in [6.45, 7) is 0. The number of halogens is 21. The van der Waals surface area contributed by atoms with Crippen LogP contribution in [0.25, 0.3) is 0 Å². The predicted molar refractivity (Wildman–Crippen MR) is 96.9 cm³/mol. The van der Waals surface area contributed by atoms with Crippen LogP contribution >= 0.6 is 7.92 Å². The Morgan fingerprint density at radius 1 is 0.262 bits per heavy atom. The fraction of sp³-hybridized carbons (Fsp3) is 0. The summed E-state index contributed by atoms with van der Waals surface area (Å²) in [5.74, 6) is -44.9. The van der Waals surface area contributed by atoms with Crippen LogP contribution in [0.5, 0.6) is 0 Å². The van der Waals surface area contributed by atoms with Gasteiger partial charge in [-0.05, 0) is 0 Å². The molecule has 0 spiro atoms. The number of hydrogen-bond acceptors (Lipinski definition) is 0. The van der Waals surface area contributed by atoms with Gasteiger partial charge in [0, 0.05) is 7.92 Å². The Hall–Kier alpha value is -1.82. The topological polar surface area (TPSA) is 0 Å². The molecule has 240 valence electrons. The molecule has 24 heteroatoms. The fourth-order valence-electron chi connectivity index (χ4n) is 2.70. The van der Waals surface area contributed by atoms with E-state index in [1.165, 1.54) is 0 Å². The van der Waals surface area contributed by atoms with Gasteiger partial charge < -0.3 is 0 Å². The molecule has 0 aliphatic carbocycles. The Labute approximate surface area is 235 Å². The van der Waals surface area contributed by atoms with Crippen LogP contribution in [0.15, 0.2) is 0 Å². The number of hydrogen-bond donors (Lipinski definition) is 0. The molecule has 0 aliphatic rings. The fourth-order valence-corrected chi connectivity index (χ4v) is 5.14. The molecule has 0 saturated carbocycles. The predicted octanol–water partition coefficient (Wildman–Crippen LogP) is 7.67. The SMILES string of the molecule is Fc1c(F)c(F)c(P(c2c(F)c(F)c(F)c(F)c2F)c2c(F)c(F)c(F)c(F)c2F)c(F)c1F.[Au+].[F][Sb-]([F])([F])([F])([F])[F]. The van der Waals surface area contributed by atoms with Gasteiger partial charge in [0.25, 0.3) is 0 Å². The summed E-state index contributed by atoms with van der Waals surface area (Å²) >= 11 is -11.2. The van der Waals surface area contributed by atoms with E-state index in [-0.39, 0.29) is 22.4 Å². The average Bonchev–Trinajstić information content (AvgIpc) is 2.84. The molecule has 3 aromatic carbocycles. The van der Waals surface area contributed by atoms with E-state index in [0.29, 0.717) is 0 Å². The van der Waals surface area contributed by atoms with Crippen molar-refractivity contribution in [1.29, 1.82) is 0 Å². The normalized spacial score (nSPS) is 13.3. The standard InChI is InChI=1S/C18F15P.Au.6FH.Sb/c19-1-4(22)10(28)16(11(29)5(1)23)34(17-12(30)6(24)2(20)7(25)13(17)31)18-14(32)8(26)3(21)9(27)15(18)33;;;;;;;;/h;;6*1H;/q;+1;;;;;;;+5/p-6. The molecule has 0 nitrogen and oxygen atoms in total.